The van der Waals surface area contributed by atoms with Gasteiger partial charge in [-0.3, -0.25) is 4.79 Å². The van der Waals surface area contributed by atoms with E-state index in [-0.39, 0.29) is 11.7 Å². The Morgan fingerprint density at radius 3 is 2.61 bits per heavy atom. The molecule has 1 aromatic heterocycles. The Hall–Kier alpha value is -2.01. The molecular formula is C18H23NO4. The third-order valence-corrected chi connectivity index (χ3v) is 4.52. The van der Waals surface area contributed by atoms with Gasteiger partial charge in [0.2, 0.25) is 0 Å². The molecule has 0 unspecified atom stereocenters. The van der Waals surface area contributed by atoms with Crippen LogP contribution in [0.4, 0.5) is 0 Å². The van der Waals surface area contributed by atoms with Crippen molar-refractivity contribution in [2.24, 2.45) is 0 Å². The lowest BCUT2D eigenvalue weighted by Crippen LogP contribution is -2.23. The van der Waals surface area contributed by atoms with Crippen LogP contribution in [0.3, 0.4) is 0 Å². The molecule has 1 fully saturated rings. The highest BCUT2D eigenvalue weighted by Crippen LogP contribution is 2.33. The first-order valence-electron chi connectivity index (χ1n) is 8.02. The Labute approximate surface area is 135 Å². The lowest BCUT2D eigenvalue weighted by Gasteiger charge is -2.16. The minimum atomic E-state index is 0.0141. The number of pyridine rings is 1. The lowest BCUT2D eigenvalue weighted by atomic mass is 10.1. The van der Waals surface area contributed by atoms with E-state index in [4.69, 9.17) is 14.2 Å². The lowest BCUT2D eigenvalue weighted by molar-refractivity contribution is 0.100. The fourth-order valence-electron chi connectivity index (χ4n) is 3.24. The molecule has 3 rings (SSSR count). The number of aryl methyl sites for hydroxylation is 2. The molecule has 1 aromatic carbocycles. The van der Waals surface area contributed by atoms with Gasteiger partial charge >= 0.3 is 0 Å². The van der Waals surface area contributed by atoms with Gasteiger partial charge in [-0.05, 0) is 37.8 Å². The Kier molecular flexibility index (Phi) is 4.57. The van der Waals surface area contributed by atoms with Crippen LogP contribution in [0, 0.1) is 6.92 Å². The SMILES string of the molecule is COc1cc2c(C)cc(=O)n(CC[C@H]3CCCO3)c2cc1OC. The summed E-state index contributed by atoms with van der Waals surface area (Å²) in [5.41, 5.74) is 1.84. The summed E-state index contributed by atoms with van der Waals surface area (Å²) in [5.74, 6) is 1.31. The Balaban J connectivity index is 2.06. The molecule has 1 atom stereocenters. The second kappa shape index (κ2) is 6.62. The maximum Gasteiger partial charge on any atom is 0.251 e. The topological polar surface area (TPSA) is 49.7 Å². The third-order valence-electron chi connectivity index (χ3n) is 4.52. The number of nitrogens with zero attached hydrogens (tertiary/aromatic N) is 1. The van der Waals surface area contributed by atoms with Crippen LogP contribution in [0.2, 0.25) is 0 Å². The molecule has 0 radical (unpaired) electrons. The smallest absolute Gasteiger partial charge is 0.251 e. The molecular weight excluding hydrogens is 294 g/mol. The highest BCUT2D eigenvalue weighted by Gasteiger charge is 2.17. The van der Waals surface area contributed by atoms with Gasteiger partial charge in [0.25, 0.3) is 5.56 Å². The fourth-order valence-corrected chi connectivity index (χ4v) is 3.24. The van der Waals surface area contributed by atoms with Crippen LogP contribution in [0.1, 0.15) is 24.8 Å². The number of aromatic nitrogens is 1. The first-order chi connectivity index (χ1) is 11.1. The minimum Gasteiger partial charge on any atom is -0.493 e. The van der Waals surface area contributed by atoms with Crippen LogP contribution in [0.15, 0.2) is 23.0 Å². The normalized spacial score (nSPS) is 17.6. The summed E-state index contributed by atoms with van der Waals surface area (Å²) in [6.07, 6.45) is 3.31. The molecule has 5 heteroatoms. The maximum absolute atomic E-state index is 12.5. The van der Waals surface area contributed by atoms with Crippen LogP contribution >= 0.6 is 0 Å². The average Bonchev–Trinajstić information content (AvgIpc) is 3.06. The zero-order chi connectivity index (χ0) is 16.4. The summed E-state index contributed by atoms with van der Waals surface area (Å²) >= 11 is 0. The van der Waals surface area contributed by atoms with Crippen molar-refractivity contribution in [3.05, 3.63) is 34.1 Å². The highest BCUT2D eigenvalue weighted by molar-refractivity contribution is 5.86. The summed E-state index contributed by atoms with van der Waals surface area (Å²) in [5, 5.41) is 1.01. The number of hydrogen-bond donors (Lipinski definition) is 0. The Bertz CT molecular complexity index is 760. The van der Waals surface area contributed by atoms with Crippen molar-refractivity contribution in [3.8, 4) is 11.5 Å². The van der Waals surface area contributed by atoms with Crippen LogP contribution in [-0.2, 0) is 11.3 Å². The van der Waals surface area contributed by atoms with Crippen LogP contribution in [-0.4, -0.2) is 31.5 Å². The van der Waals surface area contributed by atoms with Crippen molar-refractivity contribution in [1.82, 2.24) is 4.57 Å². The molecule has 0 spiro atoms. The number of benzene rings is 1. The number of fused-ring (bicyclic) bond motifs is 1. The Morgan fingerprint density at radius 2 is 1.96 bits per heavy atom. The van der Waals surface area contributed by atoms with Crippen LogP contribution in [0.5, 0.6) is 11.5 Å². The first-order valence-corrected chi connectivity index (χ1v) is 8.02. The van der Waals surface area contributed by atoms with Crippen LogP contribution < -0.4 is 15.0 Å². The van der Waals surface area contributed by atoms with E-state index in [0.29, 0.717) is 18.0 Å². The molecule has 1 saturated heterocycles. The fraction of sp³-hybridized carbons (Fsp3) is 0.500. The monoisotopic (exact) mass is 317 g/mol. The van der Waals surface area contributed by atoms with Crippen molar-refractivity contribution in [1.29, 1.82) is 0 Å². The van der Waals surface area contributed by atoms with Gasteiger partial charge in [-0.2, -0.15) is 0 Å². The standard InChI is InChI=1S/C18H23NO4/c1-12-9-18(20)19(7-6-13-5-4-8-23-13)15-11-17(22-3)16(21-2)10-14(12)15/h9-11,13H,4-8H2,1-3H3/t13-/m1/s1. The predicted molar refractivity (Wildman–Crippen MR) is 89.6 cm³/mol. The number of ether oxygens (including phenoxy) is 3. The molecule has 0 N–H and O–H groups in total. The Morgan fingerprint density at radius 1 is 1.22 bits per heavy atom. The third kappa shape index (κ3) is 3.06. The van der Waals surface area contributed by atoms with Gasteiger partial charge in [0.15, 0.2) is 11.5 Å². The zero-order valence-corrected chi connectivity index (χ0v) is 13.9. The van der Waals surface area contributed by atoms with Gasteiger partial charge in [0.05, 0.1) is 25.8 Å². The molecule has 0 aliphatic carbocycles. The summed E-state index contributed by atoms with van der Waals surface area (Å²) in [6, 6.07) is 5.51. The molecule has 0 bridgehead atoms. The van der Waals surface area contributed by atoms with E-state index in [2.05, 4.69) is 0 Å². The van der Waals surface area contributed by atoms with Gasteiger partial charge in [-0.1, -0.05) is 0 Å². The molecule has 0 saturated carbocycles. The second-order valence-electron chi connectivity index (χ2n) is 5.97. The molecule has 1 aliphatic rings. The molecule has 1 aliphatic heterocycles. The molecule has 124 valence electrons. The van der Waals surface area contributed by atoms with Gasteiger partial charge in [-0.25, -0.2) is 0 Å². The van der Waals surface area contributed by atoms with Crippen molar-refractivity contribution < 1.29 is 14.2 Å². The van der Waals surface area contributed by atoms with Crippen molar-refractivity contribution in [3.63, 3.8) is 0 Å². The number of methoxy groups -OCH3 is 2. The summed E-state index contributed by atoms with van der Waals surface area (Å²) in [6.45, 7) is 3.43. The molecule has 2 aromatic rings. The second-order valence-corrected chi connectivity index (χ2v) is 5.97. The van der Waals surface area contributed by atoms with E-state index in [1.807, 2.05) is 23.6 Å². The highest BCUT2D eigenvalue weighted by atomic mass is 16.5. The largest absolute Gasteiger partial charge is 0.493 e. The maximum atomic E-state index is 12.5. The van der Waals surface area contributed by atoms with Crippen molar-refractivity contribution in [2.75, 3.05) is 20.8 Å². The van der Waals surface area contributed by atoms with Crippen molar-refractivity contribution >= 4 is 10.9 Å². The zero-order valence-electron chi connectivity index (χ0n) is 13.9. The molecule has 5 nitrogen and oxygen atoms in total. The molecule has 0 amide bonds. The molecule has 23 heavy (non-hydrogen) atoms. The van der Waals surface area contributed by atoms with E-state index in [0.717, 1.165) is 42.3 Å². The van der Waals surface area contributed by atoms with E-state index < -0.39 is 0 Å². The first kappa shape index (κ1) is 15.9. The summed E-state index contributed by atoms with van der Waals surface area (Å²) in [7, 11) is 3.22. The molecule has 2 heterocycles. The number of rotatable bonds is 5. The quantitative estimate of drug-likeness (QED) is 0.851. The predicted octanol–water partition coefficient (Wildman–Crippen LogP) is 2.90. The van der Waals surface area contributed by atoms with Gasteiger partial charge in [-0.15, -0.1) is 0 Å². The van der Waals surface area contributed by atoms with Gasteiger partial charge in [0.1, 0.15) is 0 Å². The van der Waals surface area contributed by atoms with E-state index in [1.54, 1.807) is 20.3 Å². The number of hydrogen-bond acceptors (Lipinski definition) is 4. The van der Waals surface area contributed by atoms with E-state index in [1.165, 1.54) is 0 Å². The van der Waals surface area contributed by atoms with E-state index >= 15 is 0 Å². The van der Waals surface area contributed by atoms with Crippen LogP contribution in [0.25, 0.3) is 10.9 Å². The average molecular weight is 317 g/mol. The minimum absolute atomic E-state index is 0.0141. The summed E-state index contributed by atoms with van der Waals surface area (Å²) in [4.78, 5) is 12.5. The van der Waals surface area contributed by atoms with E-state index in [9.17, 15) is 4.79 Å². The van der Waals surface area contributed by atoms with Gasteiger partial charge < -0.3 is 18.8 Å². The summed E-state index contributed by atoms with van der Waals surface area (Å²) < 4.78 is 18.3. The van der Waals surface area contributed by atoms with Crippen molar-refractivity contribution in [2.45, 2.75) is 38.8 Å². The van der Waals surface area contributed by atoms with Gasteiger partial charge in [0, 0.05) is 30.7 Å².